The second-order valence-corrected chi connectivity index (χ2v) is 4.22. The number of carbonyl (C=O) groups is 1. The van der Waals surface area contributed by atoms with Crippen LogP contribution >= 0.6 is 0 Å². The van der Waals surface area contributed by atoms with Crippen LogP contribution in [0.4, 0.5) is 11.4 Å². The molecule has 3 heteroatoms. The highest BCUT2D eigenvalue weighted by Crippen LogP contribution is 2.17. The molecule has 94 valence electrons. The minimum Gasteiger partial charge on any atom is -0.375 e. The molecule has 0 spiro atoms. The summed E-state index contributed by atoms with van der Waals surface area (Å²) in [5.41, 5.74) is 2.05. The topological polar surface area (TPSA) is 32.3 Å². The van der Waals surface area contributed by atoms with Crippen molar-refractivity contribution in [3.63, 3.8) is 0 Å². The highest BCUT2D eigenvalue weighted by atomic mass is 16.1. The Kier molecular flexibility index (Phi) is 5.53. The summed E-state index contributed by atoms with van der Waals surface area (Å²) in [6, 6.07) is 7.98. The zero-order chi connectivity index (χ0) is 12.7. The Hall–Kier alpha value is -1.51. The Bertz CT molecular complexity index is 346. The van der Waals surface area contributed by atoms with E-state index >= 15 is 0 Å². The maximum atomic E-state index is 11.2. The molecule has 3 nitrogen and oxygen atoms in total. The number of unbranched alkanes of at least 4 members (excludes halogenated alkanes) is 1. The van der Waals surface area contributed by atoms with Crippen LogP contribution in [0.25, 0.3) is 0 Å². The van der Waals surface area contributed by atoms with Gasteiger partial charge in [-0.3, -0.25) is 4.79 Å². The standard InChI is InChI=1S/C14H22N2O/c1-4-6-11-16(3)13-9-7-12(8-10-13)15-14(17)5-2/h7-10H,4-6,11H2,1-3H3,(H,15,17). The van der Waals surface area contributed by atoms with Crippen molar-refractivity contribution in [2.75, 3.05) is 23.8 Å². The maximum Gasteiger partial charge on any atom is 0.224 e. The van der Waals surface area contributed by atoms with Gasteiger partial charge in [-0.1, -0.05) is 20.3 Å². The highest BCUT2D eigenvalue weighted by molar-refractivity contribution is 5.90. The van der Waals surface area contributed by atoms with Gasteiger partial charge in [0.05, 0.1) is 0 Å². The highest BCUT2D eigenvalue weighted by Gasteiger charge is 2.01. The van der Waals surface area contributed by atoms with Gasteiger partial charge in [0.15, 0.2) is 0 Å². The lowest BCUT2D eigenvalue weighted by Gasteiger charge is -2.19. The lowest BCUT2D eigenvalue weighted by atomic mass is 10.2. The van der Waals surface area contributed by atoms with Crippen LogP contribution in [0.3, 0.4) is 0 Å². The first kappa shape index (κ1) is 13.6. The van der Waals surface area contributed by atoms with Crippen LogP contribution in [0.15, 0.2) is 24.3 Å². The monoisotopic (exact) mass is 234 g/mol. The minimum atomic E-state index is 0.0529. The Morgan fingerprint density at radius 2 is 1.88 bits per heavy atom. The first-order valence-electron chi connectivity index (χ1n) is 6.28. The summed E-state index contributed by atoms with van der Waals surface area (Å²) in [5.74, 6) is 0.0529. The van der Waals surface area contributed by atoms with E-state index in [0.717, 1.165) is 12.2 Å². The molecule has 0 fully saturated rings. The van der Waals surface area contributed by atoms with Gasteiger partial charge in [0.25, 0.3) is 0 Å². The Morgan fingerprint density at radius 1 is 1.24 bits per heavy atom. The van der Waals surface area contributed by atoms with Gasteiger partial charge in [-0.15, -0.1) is 0 Å². The van der Waals surface area contributed by atoms with Gasteiger partial charge in [0.1, 0.15) is 0 Å². The fourth-order valence-electron chi connectivity index (χ4n) is 1.57. The number of benzene rings is 1. The molecule has 0 aromatic heterocycles. The quantitative estimate of drug-likeness (QED) is 0.819. The Labute approximate surface area is 104 Å². The third-order valence-electron chi connectivity index (χ3n) is 2.76. The molecular weight excluding hydrogens is 212 g/mol. The zero-order valence-corrected chi connectivity index (χ0v) is 11.0. The van der Waals surface area contributed by atoms with Crippen molar-refractivity contribution in [1.82, 2.24) is 0 Å². The van der Waals surface area contributed by atoms with Crippen molar-refractivity contribution in [2.24, 2.45) is 0 Å². The van der Waals surface area contributed by atoms with E-state index in [9.17, 15) is 4.79 Å². The van der Waals surface area contributed by atoms with E-state index in [4.69, 9.17) is 0 Å². The number of nitrogens with zero attached hydrogens (tertiary/aromatic N) is 1. The summed E-state index contributed by atoms with van der Waals surface area (Å²) in [4.78, 5) is 13.5. The van der Waals surface area contributed by atoms with Gasteiger partial charge in [0, 0.05) is 31.4 Å². The van der Waals surface area contributed by atoms with E-state index in [1.165, 1.54) is 18.5 Å². The van der Waals surface area contributed by atoms with Crippen molar-refractivity contribution in [2.45, 2.75) is 33.1 Å². The van der Waals surface area contributed by atoms with Gasteiger partial charge in [-0.05, 0) is 30.7 Å². The molecule has 1 rings (SSSR count). The van der Waals surface area contributed by atoms with Crippen LogP contribution in [0.2, 0.25) is 0 Å². The largest absolute Gasteiger partial charge is 0.375 e. The van der Waals surface area contributed by atoms with Crippen molar-refractivity contribution in [3.05, 3.63) is 24.3 Å². The lowest BCUT2D eigenvalue weighted by molar-refractivity contribution is -0.115. The molecule has 0 aliphatic carbocycles. The van der Waals surface area contributed by atoms with Gasteiger partial charge in [-0.25, -0.2) is 0 Å². The molecule has 1 aromatic rings. The van der Waals surface area contributed by atoms with Crippen LogP contribution in [-0.2, 0) is 4.79 Å². The lowest BCUT2D eigenvalue weighted by Crippen LogP contribution is -2.18. The maximum absolute atomic E-state index is 11.2. The van der Waals surface area contributed by atoms with E-state index < -0.39 is 0 Å². The molecule has 0 atom stereocenters. The number of nitrogens with one attached hydrogen (secondary N) is 1. The molecule has 0 bridgehead atoms. The zero-order valence-electron chi connectivity index (χ0n) is 11.0. The van der Waals surface area contributed by atoms with E-state index in [0.29, 0.717) is 6.42 Å². The summed E-state index contributed by atoms with van der Waals surface area (Å²) in [5, 5.41) is 2.84. The van der Waals surface area contributed by atoms with Gasteiger partial charge in [0.2, 0.25) is 5.91 Å². The Morgan fingerprint density at radius 3 is 2.41 bits per heavy atom. The minimum absolute atomic E-state index is 0.0529. The van der Waals surface area contributed by atoms with E-state index in [2.05, 4.69) is 24.2 Å². The molecule has 0 saturated carbocycles. The predicted octanol–water partition coefficient (Wildman–Crippen LogP) is 3.27. The molecule has 0 unspecified atom stereocenters. The molecule has 0 saturated heterocycles. The van der Waals surface area contributed by atoms with Gasteiger partial charge in [-0.2, -0.15) is 0 Å². The second-order valence-electron chi connectivity index (χ2n) is 4.22. The van der Waals surface area contributed by atoms with E-state index in [1.807, 2.05) is 31.2 Å². The fourth-order valence-corrected chi connectivity index (χ4v) is 1.57. The number of hydrogen-bond donors (Lipinski definition) is 1. The molecule has 1 aromatic carbocycles. The van der Waals surface area contributed by atoms with Crippen LogP contribution in [0, 0.1) is 0 Å². The smallest absolute Gasteiger partial charge is 0.224 e. The summed E-state index contributed by atoms with van der Waals surface area (Å²) in [6.07, 6.45) is 2.91. The summed E-state index contributed by atoms with van der Waals surface area (Å²) < 4.78 is 0. The summed E-state index contributed by atoms with van der Waals surface area (Å²) in [6.45, 7) is 5.11. The number of amides is 1. The number of rotatable bonds is 6. The third-order valence-corrected chi connectivity index (χ3v) is 2.76. The normalized spacial score (nSPS) is 10.1. The summed E-state index contributed by atoms with van der Waals surface area (Å²) >= 11 is 0. The van der Waals surface area contributed by atoms with E-state index in [-0.39, 0.29) is 5.91 Å². The SMILES string of the molecule is CCCCN(C)c1ccc(NC(=O)CC)cc1. The van der Waals surface area contributed by atoms with Crippen LogP contribution in [0.5, 0.6) is 0 Å². The molecule has 0 radical (unpaired) electrons. The third kappa shape index (κ3) is 4.47. The van der Waals surface area contributed by atoms with Crippen molar-refractivity contribution >= 4 is 17.3 Å². The average Bonchev–Trinajstić information content (AvgIpc) is 2.36. The molecule has 0 aliphatic rings. The predicted molar refractivity (Wildman–Crippen MR) is 73.5 cm³/mol. The van der Waals surface area contributed by atoms with Crippen LogP contribution in [0.1, 0.15) is 33.1 Å². The van der Waals surface area contributed by atoms with Crippen molar-refractivity contribution in [1.29, 1.82) is 0 Å². The van der Waals surface area contributed by atoms with E-state index in [1.54, 1.807) is 0 Å². The molecular formula is C14H22N2O. The molecule has 0 heterocycles. The van der Waals surface area contributed by atoms with Crippen molar-refractivity contribution in [3.8, 4) is 0 Å². The van der Waals surface area contributed by atoms with Crippen molar-refractivity contribution < 1.29 is 4.79 Å². The number of anilines is 2. The summed E-state index contributed by atoms with van der Waals surface area (Å²) in [7, 11) is 2.09. The molecule has 1 N–H and O–H groups in total. The van der Waals surface area contributed by atoms with Gasteiger partial charge >= 0.3 is 0 Å². The first-order valence-corrected chi connectivity index (χ1v) is 6.28. The first-order chi connectivity index (χ1) is 8.17. The molecule has 1 amide bonds. The van der Waals surface area contributed by atoms with Gasteiger partial charge < -0.3 is 10.2 Å². The molecule has 17 heavy (non-hydrogen) atoms. The average molecular weight is 234 g/mol. The van der Waals surface area contributed by atoms with Crippen LogP contribution < -0.4 is 10.2 Å². The molecule has 0 aliphatic heterocycles. The Balaban J connectivity index is 2.57. The fraction of sp³-hybridized carbons (Fsp3) is 0.500. The number of carbonyl (C=O) groups excluding carboxylic acids is 1. The van der Waals surface area contributed by atoms with Crippen LogP contribution in [-0.4, -0.2) is 19.5 Å². The number of hydrogen-bond acceptors (Lipinski definition) is 2. The second kappa shape index (κ2) is 6.94.